The first-order chi connectivity index (χ1) is 10.6. The first-order valence-electron chi connectivity index (χ1n) is 6.83. The normalized spacial score (nSPS) is 14.5. The number of benzene rings is 2. The Morgan fingerprint density at radius 1 is 0.955 bits per heavy atom. The lowest BCUT2D eigenvalue weighted by Gasteiger charge is -2.18. The Hall–Kier alpha value is -2.46. The molecule has 1 heterocycles. The lowest BCUT2D eigenvalue weighted by molar-refractivity contribution is -0.121. The van der Waals surface area contributed by atoms with Gasteiger partial charge >= 0.3 is 0 Å². The second-order valence-corrected chi connectivity index (χ2v) is 5.42. The molecule has 0 spiro atoms. The highest BCUT2D eigenvalue weighted by Gasteiger charge is 2.33. The molecule has 5 heteroatoms. The van der Waals surface area contributed by atoms with Crippen molar-refractivity contribution in [3.8, 4) is 0 Å². The van der Waals surface area contributed by atoms with Gasteiger partial charge in [-0.1, -0.05) is 41.9 Å². The fourth-order valence-electron chi connectivity index (χ4n) is 2.48. The van der Waals surface area contributed by atoms with E-state index in [1.165, 1.54) is 6.07 Å². The zero-order valence-electron chi connectivity index (χ0n) is 11.6. The first-order valence-corrected chi connectivity index (χ1v) is 7.21. The number of anilines is 1. The number of halogens is 1. The lowest BCUT2D eigenvalue weighted by atomic mass is 10.0. The molecule has 0 saturated carbocycles. The fraction of sp³-hybridized carbons (Fsp3) is 0.118. The van der Waals surface area contributed by atoms with Gasteiger partial charge in [0.2, 0.25) is 11.8 Å². The van der Waals surface area contributed by atoms with Crippen molar-refractivity contribution < 1.29 is 14.4 Å². The van der Waals surface area contributed by atoms with E-state index in [9.17, 15) is 14.4 Å². The van der Waals surface area contributed by atoms with E-state index >= 15 is 0 Å². The Labute approximate surface area is 132 Å². The van der Waals surface area contributed by atoms with Crippen molar-refractivity contribution >= 4 is 34.9 Å². The summed E-state index contributed by atoms with van der Waals surface area (Å²) in [6.45, 7) is 0. The van der Waals surface area contributed by atoms with Gasteiger partial charge in [-0.15, -0.1) is 0 Å². The van der Waals surface area contributed by atoms with Crippen molar-refractivity contribution in [3.63, 3.8) is 0 Å². The van der Waals surface area contributed by atoms with Gasteiger partial charge in [-0.25, -0.2) is 4.90 Å². The molecule has 2 amide bonds. The molecular weight excluding hydrogens is 302 g/mol. The summed E-state index contributed by atoms with van der Waals surface area (Å²) < 4.78 is 0. The van der Waals surface area contributed by atoms with E-state index in [1.54, 1.807) is 36.4 Å². The molecule has 0 atom stereocenters. The molecule has 1 aliphatic heterocycles. The third-order valence-electron chi connectivity index (χ3n) is 3.53. The van der Waals surface area contributed by atoms with Crippen molar-refractivity contribution in [2.45, 2.75) is 12.8 Å². The molecule has 0 bridgehead atoms. The van der Waals surface area contributed by atoms with Crippen LogP contribution in [-0.4, -0.2) is 17.6 Å². The van der Waals surface area contributed by atoms with Crippen LogP contribution in [0.1, 0.15) is 28.8 Å². The predicted octanol–water partition coefficient (Wildman–Crippen LogP) is 3.22. The van der Waals surface area contributed by atoms with Crippen LogP contribution in [0.2, 0.25) is 5.02 Å². The van der Waals surface area contributed by atoms with Crippen LogP contribution in [0.4, 0.5) is 5.69 Å². The van der Waals surface area contributed by atoms with E-state index in [4.69, 9.17) is 11.6 Å². The van der Waals surface area contributed by atoms with Crippen LogP contribution in [0.15, 0.2) is 48.5 Å². The maximum Gasteiger partial charge on any atom is 0.234 e. The molecule has 22 heavy (non-hydrogen) atoms. The number of imide groups is 1. The summed E-state index contributed by atoms with van der Waals surface area (Å²) in [5, 5.41) is 0.377. The number of hydrogen-bond donors (Lipinski definition) is 0. The lowest BCUT2D eigenvalue weighted by Crippen LogP contribution is -2.30. The van der Waals surface area contributed by atoms with Gasteiger partial charge in [-0.2, -0.15) is 0 Å². The summed E-state index contributed by atoms with van der Waals surface area (Å²) in [4.78, 5) is 37.6. The minimum Gasteiger partial charge on any atom is -0.289 e. The molecule has 0 aromatic heterocycles. The molecule has 3 rings (SSSR count). The van der Waals surface area contributed by atoms with Crippen LogP contribution in [0.3, 0.4) is 0 Å². The molecule has 4 nitrogen and oxygen atoms in total. The van der Waals surface area contributed by atoms with Crippen LogP contribution >= 0.6 is 11.6 Å². The number of carbonyl (C=O) groups is 3. The second-order valence-electron chi connectivity index (χ2n) is 4.98. The molecule has 0 unspecified atom stereocenters. The third kappa shape index (κ3) is 2.53. The summed E-state index contributed by atoms with van der Waals surface area (Å²) in [7, 11) is 0. The van der Waals surface area contributed by atoms with Gasteiger partial charge < -0.3 is 0 Å². The molecule has 0 radical (unpaired) electrons. The number of rotatable bonds is 3. The minimum absolute atomic E-state index is 0.167. The highest BCUT2D eigenvalue weighted by atomic mass is 35.5. The van der Waals surface area contributed by atoms with Gasteiger partial charge in [0.1, 0.15) is 0 Å². The fourth-order valence-corrected chi connectivity index (χ4v) is 2.65. The molecular formula is C17H12ClNO3. The average Bonchev–Trinajstić information content (AvgIpc) is 2.86. The van der Waals surface area contributed by atoms with Crippen molar-refractivity contribution in [1.82, 2.24) is 0 Å². The van der Waals surface area contributed by atoms with Gasteiger partial charge in [0.05, 0.1) is 5.69 Å². The highest BCUT2D eigenvalue weighted by molar-refractivity contribution is 6.32. The molecule has 0 N–H and O–H groups in total. The van der Waals surface area contributed by atoms with E-state index in [2.05, 4.69) is 0 Å². The summed E-state index contributed by atoms with van der Waals surface area (Å²) in [6.07, 6.45) is 0.334. The molecule has 110 valence electrons. The Kier molecular flexibility index (Phi) is 3.77. The Morgan fingerprint density at radius 3 is 2.23 bits per heavy atom. The maximum atomic E-state index is 12.7. The standard InChI is InChI=1S/C17H12ClNO3/c18-12-6-7-14(19-15(20)8-9-16(19)21)13(10-12)17(22)11-4-2-1-3-5-11/h1-7,10H,8-9H2. The zero-order chi connectivity index (χ0) is 15.7. The quantitative estimate of drug-likeness (QED) is 0.646. The molecule has 2 aromatic carbocycles. The molecule has 1 aliphatic rings. The summed E-state index contributed by atoms with van der Waals surface area (Å²) in [6, 6.07) is 13.3. The first kappa shape index (κ1) is 14.5. The largest absolute Gasteiger partial charge is 0.289 e. The van der Waals surface area contributed by atoms with Crippen molar-refractivity contribution in [2.75, 3.05) is 4.90 Å². The Morgan fingerprint density at radius 2 is 1.59 bits per heavy atom. The van der Waals surface area contributed by atoms with E-state index in [1.807, 2.05) is 6.07 Å². The molecule has 1 saturated heterocycles. The van der Waals surface area contributed by atoms with Crippen LogP contribution in [0.25, 0.3) is 0 Å². The maximum absolute atomic E-state index is 12.7. The van der Waals surface area contributed by atoms with E-state index < -0.39 is 0 Å². The Bertz CT molecular complexity index is 755. The van der Waals surface area contributed by atoms with Crippen LogP contribution in [-0.2, 0) is 9.59 Å². The topological polar surface area (TPSA) is 54.5 Å². The molecule has 2 aromatic rings. The third-order valence-corrected chi connectivity index (χ3v) is 3.77. The number of amides is 2. The average molecular weight is 314 g/mol. The van der Waals surface area contributed by atoms with Crippen molar-refractivity contribution in [3.05, 3.63) is 64.7 Å². The number of nitrogens with zero attached hydrogens (tertiary/aromatic N) is 1. The van der Waals surface area contributed by atoms with E-state index in [-0.39, 0.29) is 36.0 Å². The molecule has 0 aliphatic carbocycles. The number of carbonyl (C=O) groups excluding carboxylic acids is 3. The summed E-state index contributed by atoms with van der Waals surface area (Å²) >= 11 is 5.99. The minimum atomic E-state index is -0.297. The number of ketones is 1. The van der Waals surface area contributed by atoms with Gasteiger partial charge in [-0.05, 0) is 18.2 Å². The van der Waals surface area contributed by atoms with Crippen molar-refractivity contribution in [2.24, 2.45) is 0 Å². The second kappa shape index (κ2) is 5.73. The monoisotopic (exact) mass is 313 g/mol. The van der Waals surface area contributed by atoms with E-state index in [0.29, 0.717) is 16.3 Å². The van der Waals surface area contributed by atoms with Crippen molar-refractivity contribution in [1.29, 1.82) is 0 Å². The van der Waals surface area contributed by atoms with E-state index in [0.717, 1.165) is 4.90 Å². The smallest absolute Gasteiger partial charge is 0.234 e. The van der Waals surface area contributed by atoms with Gasteiger partial charge in [0.25, 0.3) is 0 Å². The SMILES string of the molecule is O=C(c1ccccc1)c1cc(Cl)ccc1N1C(=O)CCC1=O. The van der Waals surface area contributed by atoms with Gasteiger partial charge in [-0.3, -0.25) is 14.4 Å². The predicted molar refractivity (Wildman–Crippen MR) is 83.1 cm³/mol. The summed E-state index contributed by atoms with van der Waals surface area (Å²) in [5.41, 5.74) is 1.03. The van der Waals surface area contributed by atoms with Crippen LogP contribution < -0.4 is 4.90 Å². The van der Waals surface area contributed by atoms with Gasteiger partial charge in [0, 0.05) is 29.0 Å². The van der Waals surface area contributed by atoms with Crippen LogP contribution in [0.5, 0.6) is 0 Å². The zero-order valence-corrected chi connectivity index (χ0v) is 12.3. The summed E-state index contributed by atoms with van der Waals surface area (Å²) in [5.74, 6) is -0.866. The number of hydrogen-bond acceptors (Lipinski definition) is 3. The Balaban J connectivity index is 2.11. The van der Waals surface area contributed by atoms with Gasteiger partial charge in [0.15, 0.2) is 5.78 Å². The van der Waals surface area contributed by atoms with Crippen LogP contribution in [0, 0.1) is 0 Å². The highest BCUT2D eigenvalue weighted by Crippen LogP contribution is 2.30. The molecule has 1 fully saturated rings.